The minimum Gasteiger partial charge on any atom is -0.383 e. The SMILES string of the molecule is Cc1nn(Cc2ccccc2)c(N)c1C(=O)N(C)CC(=O)Nc1cccc(Cl)c1. The van der Waals surface area contributed by atoms with Crippen molar-refractivity contribution < 1.29 is 9.59 Å². The number of aryl methyl sites for hydroxylation is 1. The number of amides is 2. The van der Waals surface area contributed by atoms with Gasteiger partial charge in [-0.3, -0.25) is 9.59 Å². The van der Waals surface area contributed by atoms with Crippen LogP contribution < -0.4 is 11.1 Å². The average Bonchev–Trinajstić information content (AvgIpc) is 2.95. The maximum atomic E-state index is 12.9. The van der Waals surface area contributed by atoms with Crippen LogP contribution in [0.2, 0.25) is 5.02 Å². The van der Waals surface area contributed by atoms with Gasteiger partial charge in [0.1, 0.15) is 11.4 Å². The highest BCUT2D eigenvalue weighted by atomic mass is 35.5. The molecule has 1 heterocycles. The summed E-state index contributed by atoms with van der Waals surface area (Å²) in [5.74, 6) is -0.421. The third-order valence-electron chi connectivity index (χ3n) is 4.39. The van der Waals surface area contributed by atoms with Gasteiger partial charge >= 0.3 is 0 Å². The van der Waals surface area contributed by atoms with Crippen molar-refractivity contribution in [2.24, 2.45) is 0 Å². The van der Waals surface area contributed by atoms with E-state index < -0.39 is 0 Å². The van der Waals surface area contributed by atoms with Gasteiger partial charge in [0.05, 0.1) is 18.8 Å². The van der Waals surface area contributed by atoms with E-state index in [4.69, 9.17) is 17.3 Å². The molecule has 0 saturated heterocycles. The number of hydrogen-bond donors (Lipinski definition) is 2. The summed E-state index contributed by atoms with van der Waals surface area (Å²) in [6.07, 6.45) is 0. The summed E-state index contributed by atoms with van der Waals surface area (Å²) in [7, 11) is 1.55. The van der Waals surface area contributed by atoms with Gasteiger partial charge in [-0.25, -0.2) is 4.68 Å². The number of aromatic nitrogens is 2. The van der Waals surface area contributed by atoms with Gasteiger partial charge < -0.3 is 16.0 Å². The zero-order chi connectivity index (χ0) is 21.0. The predicted molar refractivity (Wildman–Crippen MR) is 114 cm³/mol. The second-order valence-corrected chi connectivity index (χ2v) is 7.15. The van der Waals surface area contributed by atoms with E-state index in [9.17, 15) is 9.59 Å². The predicted octanol–water partition coefficient (Wildman–Crippen LogP) is 3.19. The smallest absolute Gasteiger partial charge is 0.259 e. The van der Waals surface area contributed by atoms with Crippen molar-refractivity contribution in [2.75, 3.05) is 24.6 Å². The van der Waals surface area contributed by atoms with Crippen LogP contribution >= 0.6 is 11.6 Å². The summed E-state index contributed by atoms with van der Waals surface area (Å²) in [5.41, 5.74) is 8.61. The molecule has 0 bridgehead atoms. The molecule has 0 radical (unpaired) electrons. The first-order valence-electron chi connectivity index (χ1n) is 9.03. The number of likely N-dealkylation sites (N-methyl/N-ethyl adjacent to an activating group) is 1. The summed E-state index contributed by atoms with van der Waals surface area (Å²) in [4.78, 5) is 26.5. The lowest BCUT2D eigenvalue weighted by Gasteiger charge is -2.17. The molecule has 0 aliphatic carbocycles. The molecule has 1 aromatic heterocycles. The fraction of sp³-hybridized carbons (Fsp3) is 0.190. The molecule has 0 unspecified atom stereocenters. The molecular weight excluding hydrogens is 390 g/mol. The van der Waals surface area contributed by atoms with Gasteiger partial charge in [0.15, 0.2) is 0 Å². The number of rotatable bonds is 6. The van der Waals surface area contributed by atoms with Crippen LogP contribution in [0.5, 0.6) is 0 Å². The summed E-state index contributed by atoms with van der Waals surface area (Å²) in [5, 5.41) is 7.63. The second-order valence-electron chi connectivity index (χ2n) is 6.71. The molecule has 0 atom stereocenters. The number of halogens is 1. The minimum absolute atomic E-state index is 0.131. The fourth-order valence-corrected chi connectivity index (χ4v) is 3.18. The van der Waals surface area contributed by atoms with Crippen molar-refractivity contribution in [3.05, 3.63) is 76.4 Å². The van der Waals surface area contributed by atoms with Crippen LogP contribution in [0.25, 0.3) is 0 Å². The van der Waals surface area contributed by atoms with E-state index in [1.807, 2.05) is 30.3 Å². The first kappa shape index (κ1) is 20.4. The maximum Gasteiger partial charge on any atom is 0.259 e. The Bertz CT molecular complexity index is 1030. The summed E-state index contributed by atoms with van der Waals surface area (Å²) in [6, 6.07) is 16.5. The number of nitrogen functional groups attached to an aromatic ring is 1. The molecule has 3 rings (SSSR count). The Morgan fingerprint density at radius 1 is 1.17 bits per heavy atom. The molecule has 0 aliphatic rings. The monoisotopic (exact) mass is 411 g/mol. The van der Waals surface area contributed by atoms with Crippen LogP contribution in [0.15, 0.2) is 54.6 Å². The highest BCUT2D eigenvalue weighted by Gasteiger charge is 2.24. The average molecular weight is 412 g/mol. The first-order valence-corrected chi connectivity index (χ1v) is 9.40. The lowest BCUT2D eigenvalue weighted by atomic mass is 10.2. The Balaban J connectivity index is 1.70. The van der Waals surface area contributed by atoms with Crippen molar-refractivity contribution >= 4 is 34.9 Å². The van der Waals surface area contributed by atoms with E-state index in [1.54, 1.807) is 42.9 Å². The highest BCUT2D eigenvalue weighted by Crippen LogP contribution is 2.20. The van der Waals surface area contributed by atoms with Gasteiger partial charge in [-0.05, 0) is 30.7 Å². The van der Waals surface area contributed by atoms with Crippen LogP contribution in [-0.4, -0.2) is 40.1 Å². The molecule has 0 aliphatic heterocycles. The van der Waals surface area contributed by atoms with Crippen LogP contribution in [0.1, 0.15) is 21.6 Å². The van der Waals surface area contributed by atoms with Crippen LogP contribution in [-0.2, 0) is 11.3 Å². The van der Waals surface area contributed by atoms with E-state index in [-0.39, 0.29) is 24.2 Å². The van der Waals surface area contributed by atoms with Crippen LogP contribution in [0.3, 0.4) is 0 Å². The van der Waals surface area contributed by atoms with E-state index in [2.05, 4.69) is 10.4 Å². The Kier molecular flexibility index (Phi) is 6.19. The molecule has 3 N–H and O–H groups in total. The van der Waals surface area contributed by atoms with Crippen molar-refractivity contribution in [2.45, 2.75) is 13.5 Å². The molecule has 0 saturated carbocycles. The van der Waals surface area contributed by atoms with Crippen molar-refractivity contribution in [1.29, 1.82) is 0 Å². The van der Waals surface area contributed by atoms with E-state index in [0.717, 1.165) is 5.56 Å². The van der Waals surface area contributed by atoms with Crippen LogP contribution in [0, 0.1) is 6.92 Å². The third kappa shape index (κ3) is 4.94. The zero-order valence-corrected chi connectivity index (χ0v) is 17.0. The number of carbonyl (C=O) groups is 2. The van der Waals surface area contributed by atoms with Crippen molar-refractivity contribution in [1.82, 2.24) is 14.7 Å². The normalized spacial score (nSPS) is 10.6. The molecule has 8 heteroatoms. The molecule has 150 valence electrons. The lowest BCUT2D eigenvalue weighted by molar-refractivity contribution is -0.116. The number of nitrogens with one attached hydrogen (secondary N) is 1. The molecule has 2 aromatic carbocycles. The highest BCUT2D eigenvalue weighted by molar-refractivity contribution is 6.30. The maximum absolute atomic E-state index is 12.9. The fourth-order valence-electron chi connectivity index (χ4n) is 2.99. The molecule has 3 aromatic rings. The van der Waals surface area contributed by atoms with Gasteiger partial charge in [0.2, 0.25) is 5.91 Å². The standard InChI is InChI=1S/C21H22ClN5O2/c1-14-19(20(23)27(25-14)12-15-7-4-3-5-8-15)21(29)26(2)13-18(28)24-17-10-6-9-16(22)11-17/h3-11H,12-13,23H2,1-2H3,(H,24,28). The second kappa shape index (κ2) is 8.79. The van der Waals surface area contributed by atoms with E-state index in [0.29, 0.717) is 28.5 Å². The summed E-state index contributed by atoms with van der Waals surface area (Å²) < 4.78 is 1.60. The van der Waals surface area contributed by atoms with Gasteiger partial charge in [-0.2, -0.15) is 5.10 Å². The van der Waals surface area contributed by atoms with Gasteiger partial charge in [-0.1, -0.05) is 48.0 Å². The molecule has 29 heavy (non-hydrogen) atoms. The van der Waals surface area contributed by atoms with Gasteiger partial charge in [0, 0.05) is 17.8 Å². The molecule has 0 fully saturated rings. The Hall–Kier alpha value is -3.32. The summed E-state index contributed by atoms with van der Waals surface area (Å²) in [6.45, 7) is 2.05. The third-order valence-corrected chi connectivity index (χ3v) is 4.63. The first-order chi connectivity index (χ1) is 13.8. The molecular formula is C21H22ClN5O2. The number of carbonyl (C=O) groups excluding carboxylic acids is 2. The zero-order valence-electron chi connectivity index (χ0n) is 16.2. The van der Waals surface area contributed by atoms with E-state index >= 15 is 0 Å². The topological polar surface area (TPSA) is 93.2 Å². The lowest BCUT2D eigenvalue weighted by Crippen LogP contribution is -2.35. The van der Waals surface area contributed by atoms with Crippen LogP contribution in [0.4, 0.5) is 11.5 Å². The molecule has 2 amide bonds. The Morgan fingerprint density at radius 2 is 1.90 bits per heavy atom. The number of anilines is 2. The number of nitrogens with two attached hydrogens (primary N) is 1. The quantitative estimate of drug-likeness (QED) is 0.651. The van der Waals surface area contributed by atoms with Crippen molar-refractivity contribution in [3.8, 4) is 0 Å². The molecule has 7 nitrogen and oxygen atoms in total. The van der Waals surface area contributed by atoms with Crippen molar-refractivity contribution in [3.63, 3.8) is 0 Å². The Morgan fingerprint density at radius 3 is 2.59 bits per heavy atom. The number of nitrogens with zero attached hydrogens (tertiary/aromatic N) is 3. The number of hydrogen-bond acceptors (Lipinski definition) is 4. The number of benzene rings is 2. The minimum atomic E-state index is -0.361. The molecule has 0 spiro atoms. The van der Waals surface area contributed by atoms with Gasteiger partial charge in [-0.15, -0.1) is 0 Å². The van der Waals surface area contributed by atoms with E-state index in [1.165, 1.54) is 4.90 Å². The Labute approximate surface area is 174 Å². The summed E-state index contributed by atoms with van der Waals surface area (Å²) >= 11 is 5.92. The largest absolute Gasteiger partial charge is 0.383 e. The van der Waals surface area contributed by atoms with Gasteiger partial charge in [0.25, 0.3) is 5.91 Å².